The minimum absolute atomic E-state index is 0.0608. The van der Waals surface area contributed by atoms with Crippen molar-refractivity contribution in [1.82, 2.24) is 14.8 Å². The summed E-state index contributed by atoms with van der Waals surface area (Å²) in [6, 6.07) is 13.7. The van der Waals surface area contributed by atoms with E-state index in [0.717, 1.165) is 37.4 Å². The third-order valence-corrected chi connectivity index (χ3v) is 4.94. The van der Waals surface area contributed by atoms with Crippen LogP contribution in [0, 0.1) is 0 Å². The molecule has 6 nitrogen and oxygen atoms in total. The summed E-state index contributed by atoms with van der Waals surface area (Å²) in [5, 5.41) is 0. The molecule has 1 aromatic carbocycles. The maximum absolute atomic E-state index is 12.8. The van der Waals surface area contributed by atoms with Crippen molar-refractivity contribution in [2.24, 2.45) is 0 Å². The molecule has 2 amide bonds. The van der Waals surface area contributed by atoms with Gasteiger partial charge < -0.3 is 14.7 Å². The fraction of sp³-hybridized carbons (Fsp3) is 0.381. The van der Waals surface area contributed by atoms with Crippen LogP contribution in [0.15, 0.2) is 48.7 Å². The van der Waals surface area contributed by atoms with Crippen LogP contribution in [0.1, 0.15) is 29.9 Å². The van der Waals surface area contributed by atoms with Gasteiger partial charge in [-0.05, 0) is 24.6 Å². The Morgan fingerprint density at radius 1 is 1.04 bits per heavy atom. The Kier molecular flexibility index (Phi) is 6.06. The van der Waals surface area contributed by atoms with Gasteiger partial charge in [0.1, 0.15) is 5.69 Å². The topological polar surface area (TPSA) is 56.8 Å². The molecule has 1 aliphatic rings. The van der Waals surface area contributed by atoms with Crippen LogP contribution in [0.2, 0.25) is 0 Å². The number of pyridine rings is 1. The fourth-order valence-corrected chi connectivity index (χ4v) is 3.27. The van der Waals surface area contributed by atoms with E-state index in [2.05, 4.69) is 9.88 Å². The van der Waals surface area contributed by atoms with Gasteiger partial charge in [0.05, 0.1) is 11.9 Å². The van der Waals surface area contributed by atoms with Gasteiger partial charge in [0.2, 0.25) is 5.91 Å². The Bertz CT molecular complexity index is 769. The molecule has 6 heteroatoms. The third-order valence-electron chi connectivity index (χ3n) is 4.94. The van der Waals surface area contributed by atoms with Crippen LogP contribution in [-0.4, -0.2) is 59.3 Å². The lowest BCUT2D eigenvalue weighted by Crippen LogP contribution is -2.48. The molecule has 142 valence electrons. The van der Waals surface area contributed by atoms with E-state index in [1.165, 1.54) is 0 Å². The van der Waals surface area contributed by atoms with Gasteiger partial charge in [-0.25, -0.2) is 4.98 Å². The lowest BCUT2D eigenvalue weighted by atomic mass is 10.2. The van der Waals surface area contributed by atoms with Gasteiger partial charge >= 0.3 is 0 Å². The van der Waals surface area contributed by atoms with E-state index in [9.17, 15) is 9.59 Å². The molecule has 0 bridgehead atoms. The Balaban J connectivity index is 1.64. The number of aromatic nitrogens is 1. The number of piperazine rings is 1. The molecule has 27 heavy (non-hydrogen) atoms. The zero-order valence-corrected chi connectivity index (χ0v) is 16.0. The monoisotopic (exact) mass is 366 g/mol. The molecule has 0 saturated carbocycles. The molecule has 0 unspecified atom stereocenters. The summed E-state index contributed by atoms with van der Waals surface area (Å²) in [7, 11) is 0. The minimum atomic E-state index is -0.0608. The first-order valence-corrected chi connectivity index (χ1v) is 9.38. The maximum Gasteiger partial charge on any atom is 0.272 e. The molecule has 2 aromatic rings. The Labute approximate surface area is 160 Å². The summed E-state index contributed by atoms with van der Waals surface area (Å²) < 4.78 is 0. The number of rotatable bonds is 5. The van der Waals surface area contributed by atoms with E-state index in [1.54, 1.807) is 24.1 Å². The number of hydrogen-bond donors (Lipinski definition) is 0. The van der Waals surface area contributed by atoms with Crippen molar-refractivity contribution in [3.63, 3.8) is 0 Å². The molecule has 1 fully saturated rings. The van der Waals surface area contributed by atoms with Gasteiger partial charge in [0, 0.05) is 46.2 Å². The van der Waals surface area contributed by atoms with Gasteiger partial charge in [-0.3, -0.25) is 9.59 Å². The summed E-state index contributed by atoms with van der Waals surface area (Å²) in [4.78, 5) is 34.5. The van der Waals surface area contributed by atoms with Crippen molar-refractivity contribution in [3.05, 3.63) is 59.9 Å². The van der Waals surface area contributed by atoms with Crippen LogP contribution in [0.25, 0.3) is 0 Å². The lowest BCUT2D eigenvalue weighted by molar-refractivity contribution is -0.129. The largest absolute Gasteiger partial charge is 0.367 e. The second-order valence-electron chi connectivity index (χ2n) is 6.70. The van der Waals surface area contributed by atoms with E-state index in [-0.39, 0.29) is 11.8 Å². The predicted octanol–water partition coefficient (Wildman–Crippen LogP) is 2.41. The van der Waals surface area contributed by atoms with Crippen molar-refractivity contribution < 1.29 is 9.59 Å². The summed E-state index contributed by atoms with van der Waals surface area (Å²) in [6.45, 7) is 7.79. The van der Waals surface area contributed by atoms with Gasteiger partial charge in [-0.15, -0.1) is 0 Å². The van der Waals surface area contributed by atoms with E-state index in [4.69, 9.17) is 0 Å². The number of benzene rings is 1. The van der Waals surface area contributed by atoms with Crippen LogP contribution in [0.5, 0.6) is 0 Å². The first kappa shape index (κ1) is 18.9. The molecule has 1 aliphatic heterocycles. The van der Waals surface area contributed by atoms with Crippen molar-refractivity contribution in [2.45, 2.75) is 20.4 Å². The van der Waals surface area contributed by atoms with E-state index >= 15 is 0 Å². The fourth-order valence-electron chi connectivity index (χ4n) is 3.27. The third kappa shape index (κ3) is 4.64. The average Bonchev–Trinajstić information content (AvgIpc) is 2.72. The molecule has 2 heterocycles. The molecule has 0 radical (unpaired) electrons. The normalized spacial score (nSPS) is 14.1. The van der Waals surface area contributed by atoms with Gasteiger partial charge in [-0.2, -0.15) is 0 Å². The van der Waals surface area contributed by atoms with Crippen LogP contribution in [0.4, 0.5) is 5.69 Å². The summed E-state index contributed by atoms with van der Waals surface area (Å²) >= 11 is 0. The van der Waals surface area contributed by atoms with Gasteiger partial charge in [0.15, 0.2) is 0 Å². The lowest BCUT2D eigenvalue weighted by Gasteiger charge is -2.35. The first-order chi connectivity index (χ1) is 13.1. The molecule has 0 atom stereocenters. The molecule has 0 aliphatic carbocycles. The smallest absolute Gasteiger partial charge is 0.272 e. The van der Waals surface area contributed by atoms with E-state index in [0.29, 0.717) is 18.8 Å². The maximum atomic E-state index is 12.8. The van der Waals surface area contributed by atoms with Crippen molar-refractivity contribution in [1.29, 1.82) is 0 Å². The molecule has 1 aromatic heterocycles. The highest BCUT2D eigenvalue weighted by molar-refractivity contribution is 5.92. The number of hydrogen-bond acceptors (Lipinski definition) is 4. The standard InChI is InChI=1S/C21H26N4O2/c1-3-23(16-18-7-5-4-6-8-18)21(27)20-10-9-19(15-22-20)25-13-11-24(12-14-25)17(2)26/h4-10,15H,3,11-14,16H2,1-2H3. The van der Waals surface area contributed by atoms with E-state index < -0.39 is 0 Å². The molecular formula is C21H26N4O2. The number of carbonyl (C=O) groups excluding carboxylic acids is 2. The van der Waals surface area contributed by atoms with Gasteiger partial charge in [0.25, 0.3) is 5.91 Å². The number of nitrogens with zero attached hydrogens (tertiary/aromatic N) is 4. The first-order valence-electron chi connectivity index (χ1n) is 9.38. The van der Waals surface area contributed by atoms with Gasteiger partial charge in [-0.1, -0.05) is 30.3 Å². The molecular weight excluding hydrogens is 340 g/mol. The SMILES string of the molecule is CCN(Cc1ccccc1)C(=O)c1ccc(N2CCN(C(C)=O)CC2)cn1. The van der Waals surface area contributed by atoms with Crippen molar-refractivity contribution >= 4 is 17.5 Å². The molecule has 1 saturated heterocycles. The quantitative estimate of drug-likeness (QED) is 0.815. The summed E-state index contributed by atoms with van der Waals surface area (Å²) in [5.41, 5.74) is 2.55. The number of carbonyl (C=O) groups is 2. The predicted molar refractivity (Wildman–Crippen MR) is 106 cm³/mol. The van der Waals surface area contributed by atoms with Crippen LogP contribution >= 0.6 is 0 Å². The molecule has 0 N–H and O–H groups in total. The highest BCUT2D eigenvalue weighted by Crippen LogP contribution is 2.17. The average molecular weight is 366 g/mol. The Morgan fingerprint density at radius 3 is 2.30 bits per heavy atom. The van der Waals surface area contributed by atoms with Crippen LogP contribution in [0.3, 0.4) is 0 Å². The summed E-state index contributed by atoms with van der Waals surface area (Å²) in [5.74, 6) is 0.0566. The highest BCUT2D eigenvalue weighted by Gasteiger charge is 2.20. The summed E-state index contributed by atoms with van der Waals surface area (Å²) in [6.07, 6.45) is 1.76. The Hall–Kier alpha value is -2.89. The van der Waals surface area contributed by atoms with E-state index in [1.807, 2.05) is 48.2 Å². The van der Waals surface area contributed by atoms with Crippen molar-refractivity contribution in [2.75, 3.05) is 37.6 Å². The number of anilines is 1. The zero-order valence-electron chi connectivity index (χ0n) is 16.0. The molecule has 3 rings (SSSR count). The molecule has 0 spiro atoms. The second kappa shape index (κ2) is 8.66. The van der Waals surface area contributed by atoms with Crippen molar-refractivity contribution in [3.8, 4) is 0 Å². The van der Waals surface area contributed by atoms with Crippen LogP contribution < -0.4 is 4.90 Å². The highest BCUT2D eigenvalue weighted by atomic mass is 16.2. The minimum Gasteiger partial charge on any atom is -0.367 e. The Morgan fingerprint density at radius 2 is 1.74 bits per heavy atom. The van der Waals surface area contributed by atoms with Crippen LogP contribution in [-0.2, 0) is 11.3 Å². The number of amides is 2. The zero-order chi connectivity index (χ0) is 19.2. The second-order valence-corrected chi connectivity index (χ2v) is 6.70.